The zero-order valence-electron chi connectivity index (χ0n) is 16.4. The van der Waals surface area contributed by atoms with Gasteiger partial charge in [0, 0.05) is 18.9 Å². The van der Waals surface area contributed by atoms with Crippen molar-refractivity contribution in [1.82, 2.24) is 10.3 Å². The summed E-state index contributed by atoms with van der Waals surface area (Å²) in [6, 6.07) is 17.2. The number of anilines is 1. The number of aryl methyl sites for hydroxylation is 2. The molecule has 7 heteroatoms. The minimum absolute atomic E-state index is 0.139. The highest BCUT2D eigenvalue weighted by Gasteiger charge is 2.28. The molecule has 2 aromatic carbocycles. The van der Waals surface area contributed by atoms with Crippen LogP contribution in [0.25, 0.3) is 0 Å². The Morgan fingerprint density at radius 1 is 1.03 bits per heavy atom. The first-order chi connectivity index (χ1) is 13.9. The van der Waals surface area contributed by atoms with Crippen molar-refractivity contribution in [2.45, 2.75) is 25.3 Å². The highest BCUT2D eigenvalue weighted by atomic mass is 32.2. The molecule has 0 radical (unpaired) electrons. The van der Waals surface area contributed by atoms with Crippen LogP contribution in [0.5, 0.6) is 0 Å². The zero-order valence-corrected chi connectivity index (χ0v) is 17.2. The van der Waals surface area contributed by atoms with Crippen molar-refractivity contribution in [2.75, 3.05) is 10.8 Å². The van der Waals surface area contributed by atoms with Crippen LogP contribution in [0.1, 0.15) is 16.7 Å². The average Bonchev–Trinajstić information content (AvgIpc) is 2.72. The van der Waals surface area contributed by atoms with E-state index < -0.39 is 15.9 Å². The molecule has 1 amide bonds. The second kappa shape index (κ2) is 8.87. The highest BCUT2D eigenvalue weighted by Crippen LogP contribution is 2.27. The lowest BCUT2D eigenvalue weighted by Gasteiger charge is -2.26. The maximum absolute atomic E-state index is 13.3. The van der Waals surface area contributed by atoms with Crippen molar-refractivity contribution in [3.05, 3.63) is 89.7 Å². The molecule has 150 valence electrons. The molecule has 1 heterocycles. The fourth-order valence-electron chi connectivity index (χ4n) is 2.99. The van der Waals surface area contributed by atoms with E-state index in [-0.39, 0.29) is 18.0 Å². The van der Waals surface area contributed by atoms with Crippen LogP contribution in [0, 0.1) is 13.8 Å². The second-order valence-corrected chi connectivity index (χ2v) is 8.61. The summed E-state index contributed by atoms with van der Waals surface area (Å²) in [7, 11) is -3.91. The van der Waals surface area contributed by atoms with Gasteiger partial charge >= 0.3 is 0 Å². The molecule has 0 spiro atoms. The smallest absolute Gasteiger partial charge is 0.264 e. The molecule has 29 heavy (non-hydrogen) atoms. The number of amides is 1. The molecular weight excluding hydrogens is 386 g/mol. The lowest BCUT2D eigenvalue weighted by molar-refractivity contribution is -0.119. The summed E-state index contributed by atoms with van der Waals surface area (Å²) in [4.78, 5) is 16.8. The van der Waals surface area contributed by atoms with Gasteiger partial charge in [0.1, 0.15) is 6.54 Å². The summed E-state index contributed by atoms with van der Waals surface area (Å²) >= 11 is 0. The van der Waals surface area contributed by atoms with Crippen LogP contribution in [-0.4, -0.2) is 25.9 Å². The van der Waals surface area contributed by atoms with Gasteiger partial charge in [-0.15, -0.1) is 0 Å². The third kappa shape index (κ3) is 5.00. The van der Waals surface area contributed by atoms with Crippen molar-refractivity contribution < 1.29 is 13.2 Å². The van der Waals surface area contributed by atoms with Crippen LogP contribution in [0.3, 0.4) is 0 Å². The Morgan fingerprint density at radius 3 is 2.45 bits per heavy atom. The summed E-state index contributed by atoms with van der Waals surface area (Å²) in [5.74, 6) is -0.395. The number of sulfonamides is 1. The van der Waals surface area contributed by atoms with E-state index in [1.165, 1.54) is 12.1 Å². The molecule has 6 nitrogen and oxygen atoms in total. The Kier molecular flexibility index (Phi) is 6.29. The number of pyridine rings is 1. The van der Waals surface area contributed by atoms with Gasteiger partial charge in [0.05, 0.1) is 10.6 Å². The molecular formula is C22H23N3O3S. The number of carbonyl (C=O) groups is 1. The van der Waals surface area contributed by atoms with Gasteiger partial charge in [-0.2, -0.15) is 0 Å². The normalized spacial score (nSPS) is 11.1. The first-order valence-electron chi connectivity index (χ1n) is 9.18. The lowest BCUT2D eigenvalue weighted by atomic mass is 10.1. The number of nitrogens with one attached hydrogen (secondary N) is 1. The molecule has 0 aliphatic carbocycles. The van der Waals surface area contributed by atoms with E-state index in [1.54, 1.807) is 42.7 Å². The van der Waals surface area contributed by atoms with E-state index in [9.17, 15) is 13.2 Å². The number of hydrogen-bond donors (Lipinski definition) is 1. The standard InChI is InChI=1S/C22H23N3O3S/c1-17-10-11-21(18(2)13-17)25(29(27,28)20-8-4-3-5-9-20)16-22(26)24-15-19-7-6-12-23-14-19/h3-14H,15-16H2,1-2H3,(H,24,26). The van der Waals surface area contributed by atoms with Gasteiger partial charge in [0.25, 0.3) is 10.0 Å². The Bertz CT molecular complexity index is 1080. The maximum Gasteiger partial charge on any atom is 0.264 e. The first kappa shape index (κ1) is 20.5. The molecule has 0 bridgehead atoms. The quantitative estimate of drug-likeness (QED) is 0.650. The fourth-order valence-corrected chi connectivity index (χ4v) is 4.50. The Balaban J connectivity index is 1.90. The monoisotopic (exact) mass is 409 g/mol. The topological polar surface area (TPSA) is 79.4 Å². The number of aromatic nitrogens is 1. The van der Waals surface area contributed by atoms with E-state index in [2.05, 4.69) is 10.3 Å². The molecule has 0 atom stereocenters. The largest absolute Gasteiger partial charge is 0.350 e. The van der Waals surface area contributed by atoms with Crippen molar-refractivity contribution in [3.8, 4) is 0 Å². The summed E-state index contributed by atoms with van der Waals surface area (Å²) in [5, 5.41) is 2.77. The highest BCUT2D eigenvalue weighted by molar-refractivity contribution is 7.92. The number of rotatable bonds is 7. The fraction of sp³-hybridized carbons (Fsp3) is 0.182. The SMILES string of the molecule is Cc1ccc(N(CC(=O)NCc2cccnc2)S(=O)(=O)c2ccccc2)c(C)c1. The second-order valence-electron chi connectivity index (χ2n) is 6.75. The average molecular weight is 410 g/mol. The molecule has 0 saturated carbocycles. The predicted molar refractivity (Wildman–Crippen MR) is 113 cm³/mol. The van der Waals surface area contributed by atoms with Crippen molar-refractivity contribution in [2.24, 2.45) is 0 Å². The van der Waals surface area contributed by atoms with Crippen molar-refractivity contribution in [3.63, 3.8) is 0 Å². The Hall–Kier alpha value is -3.19. The molecule has 3 aromatic rings. The Morgan fingerprint density at radius 2 is 1.79 bits per heavy atom. The summed E-state index contributed by atoms with van der Waals surface area (Å²) < 4.78 is 27.8. The third-order valence-electron chi connectivity index (χ3n) is 4.45. The zero-order chi connectivity index (χ0) is 20.9. The molecule has 0 unspecified atom stereocenters. The van der Waals surface area contributed by atoms with E-state index in [0.29, 0.717) is 5.69 Å². The number of carbonyl (C=O) groups excluding carboxylic acids is 1. The predicted octanol–water partition coefficient (Wildman–Crippen LogP) is 3.21. The van der Waals surface area contributed by atoms with Crippen LogP contribution in [0.2, 0.25) is 0 Å². The van der Waals surface area contributed by atoms with Gasteiger partial charge in [-0.3, -0.25) is 14.1 Å². The molecule has 1 aromatic heterocycles. The van der Waals surface area contributed by atoms with Crippen molar-refractivity contribution in [1.29, 1.82) is 0 Å². The van der Waals surface area contributed by atoms with E-state index in [4.69, 9.17) is 0 Å². The van der Waals surface area contributed by atoms with Crippen LogP contribution >= 0.6 is 0 Å². The molecule has 0 aliphatic heterocycles. The van der Waals surface area contributed by atoms with E-state index in [1.807, 2.05) is 32.0 Å². The van der Waals surface area contributed by atoms with Crippen LogP contribution in [0.4, 0.5) is 5.69 Å². The number of nitrogens with zero attached hydrogens (tertiary/aromatic N) is 2. The van der Waals surface area contributed by atoms with Crippen LogP contribution in [-0.2, 0) is 21.4 Å². The summed E-state index contributed by atoms with van der Waals surface area (Å²) in [5.41, 5.74) is 3.12. The first-order valence-corrected chi connectivity index (χ1v) is 10.6. The number of hydrogen-bond acceptors (Lipinski definition) is 4. The summed E-state index contributed by atoms with van der Waals surface area (Å²) in [6.45, 7) is 3.73. The van der Waals surface area contributed by atoms with Crippen LogP contribution in [0.15, 0.2) is 78.0 Å². The molecule has 0 fully saturated rings. The van der Waals surface area contributed by atoms with E-state index >= 15 is 0 Å². The molecule has 0 aliphatic rings. The summed E-state index contributed by atoms with van der Waals surface area (Å²) in [6.07, 6.45) is 3.31. The van der Waals surface area contributed by atoms with Gasteiger partial charge in [0.2, 0.25) is 5.91 Å². The van der Waals surface area contributed by atoms with Crippen molar-refractivity contribution >= 4 is 21.6 Å². The third-order valence-corrected chi connectivity index (χ3v) is 6.23. The van der Waals surface area contributed by atoms with Gasteiger partial charge in [-0.25, -0.2) is 8.42 Å². The molecule has 3 rings (SSSR count). The van der Waals surface area contributed by atoms with Gasteiger partial charge in [-0.1, -0.05) is 42.0 Å². The maximum atomic E-state index is 13.3. The minimum atomic E-state index is -3.91. The van der Waals surface area contributed by atoms with E-state index in [0.717, 1.165) is 21.0 Å². The minimum Gasteiger partial charge on any atom is -0.350 e. The van der Waals surface area contributed by atoms with Gasteiger partial charge < -0.3 is 5.32 Å². The van der Waals surface area contributed by atoms with Gasteiger partial charge in [-0.05, 0) is 49.2 Å². The Labute approximate surface area is 171 Å². The number of benzene rings is 2. The lowest BCUT2D eigenvalue weighted by Crippen LogP contribution is -2.41. The van der Waals surface area contributed by atoms with Crippen LogP contribution < -0.4 is 9.62 Å². The molecule has 0 saturated heterocycles. The molecule has 1 N–H and O–H groups in total. The van der Waals surface area contributed by atoms with Gasteiger partial charge in [0.15, 0.2) is 0 Å².